The SMILES string of the molecule is CC.Cc1cccc(/C=C/C(=O)c2c(O)c(Br)c(C)oc2=O)c1. The van der Waals surface area contributed by atoms with Crippen molar-refractivity contribution < 1.29 is 14.3 Å². The van der Waals surface area contributed by atoms with E-state index in [1.54, 1.807) is 6.08 Å². The van der Waals surface area contributed by atoms with Crippen molar-refractivity contribution in [1.29, 1.82) is 0 Å². The van der Waals surface area contributed by atoms with Crippen LogP contribution in [0.4, 0.5) is 0 Å². The second-order valence-corrected chi connectivity index (χ2v) is 5.39. The maximum atomic E-state index is 12.1. The van der Waals surface area contributed by atoms with Gasteiger partial charge in [0, 0.05) is 0 Å². The van der Waals surface area contributed by atoms with Crippen LogP contribution >= 0.6 is 15.9 Å². The van der Waals surface area contributed by atoms with E-state index in [0.29, 0.717) is 0 Å². The topological polar surface area (TPSA) is 67.5 Å². The molecular formula is C18H19BrO4. The Labute approximate surface area is 143 Å². The molecule has 0 aliphatic rings. The largest absolute Gasteiger partial charge is 0.506 e. The van der Waals surface area contributed by atoms with E-state index in [-0.39, 0.29) is 15.8 Å². The van der Waals surface area contributed by atoms with Crippen LogP contribution in [0.1, 0.15) is 41.1 Å². The van der Waals surface area contributed by atoms with Gasteiger partial charge in [-0.1, -0.05) is 49.8 Å². The van der Waals surface area contributed by atoms with Gasteiger partial charge in [-0.15, -0.1) is 0 Å². The summed E-state index contributed by atoms with van der Waals surface area (Å²) in [5, 5.41) is 9.91. The third-order valence-electron chi connectivity index (χ3n) is 2.92. The van der Waals surface area contributed by atoms with Gasteiger partial charge >= 0.3 is 5.63 Å². The highest BCUT2D eigenvalue weighted by Gasteiger charge is 2.20. The molecule has 0 aliphatic heterocycles. The van der Waals surface area contributed by atoms with Gasteiger partial charge in [0.15, 0.2) is 17.1 Å². The van der Waals surface area contributed by atoms with Crippen LogP contribution in [0.3, 0.4) is 0 Å². The monoisotopic (exact) mass is 378 g/mol. The van der Waals surface area contributed by atoms with Crippen LogP contribution in [0.2, 0.25) is 0 Å². The Balaban J connectivity index is 0.00000127. The highest BCUT2D eigenvalue weighted by atomic mass is 79.9. The molecule has 1 heterocycles. The molecule has 0 aliphatic carbocycles. The van der Waals surface area contributed by atoms with E-state index in [1.807, 2.05) is 45.0 Å². The zero-order chi connectivity index (χ0) is 17.6. The van der Waals surface area contributed by atoms with E-state index in [0.717, 1.165) is 11.1 Å². The molecule has 0 saturated heterocycles. The Hall–Kier alpha value is -2.14. The Kier molecular flexibility index (Phi) is 6.97. The van der Waals surface area contributed by atoms with E-state index in [4.69, 9.17) is 4.42 Å². The average molecular weight is 379 g/mol. The molecule has 122 valence electrons. The van der Waals surface area contributed by atoms with Crippen LogP contribution in [0.15, 0.2) is 44.0 Å². The number of aryl methyl sites for hydroxylation is 2. The van der Waals surface area contributed by atoms with Crippen molar-refractivity contribution in [2.45, 2.75) is 27.7 Å². The molecule has 1 aromatic heterocycles. The normalized spacial score (nSPS) is 10.3. The van der Waals surface area contributed by atoms with Crippen molar-refractivity contribution in [2.75, 3.05) is 0 Å². The summed E-state index contributed by atoms with van der Waals surface area (Å²) in [6, 6.07) is 7.55. The summed E-state index contributed by atoms with van der Waals surface area (Å²) < 4.78 is 5.10. The number of hydrogen-bond donors (Lipinski definition) is 1. The quantitative estimate of drug-likeness (QED) is 0.623. The van der Waals surface area contributed by atoms with Gasteiger partial charge < -0.3 is 9.52 Å². The highest BCUT2D eigenvalue weighted by Crippen LogP contribution is 2.29. The van der Waals surface area contributed by atoms with Crippen LogP contribution in [0.5, 0.6) is 5.75 Å². The lowest BCUT2D eigenvalue weighted by Crippen LogP contribution is -2.13. The maximum absolute atomic E-state index is 12.1. The fourth-order valence-electron chi connectivity index (χ4n) is 1.85. The van der Waals surface area contributed by atoms with Gasteiger partial charge in [-0.2, -0.15) is 0 Å². The number of rotatable bonds is 3. The van der Waals surface area contributed by atoms with Crippen LogP contribution in [0.25, 0.3) is 6.08 Å². The van der Waals surface area contributed by atoms with Crippen molar-refractivity contribution >= 4 is 27.8 Å². The molecule has 0 fully saturated rings. The van der Waals surface area contributed by atoms with Crippen LogP contribution in [0, 0.1) is 13.8 Å². The molecule has 0 spiro atoms. The van der Waals surface area contributed by atoms with Gasteiger partial charge in [0.1, 0.15) is 5.76 Å². The first-order valence-electron chi connectivity index (χ1n) is 7.21. The molecule has 0 atom stereocenters. The Morgan fingerprint density at radius 1 is 1.26 bits per heavy atom. The predicted molar refractivity (Wildman–Crippen MR) is 95.0 cm³/mol. The minimum absolute atomic E-state index is 0.203. The number of benzene rings is 1. The van der Waals surface area contributed by atoms with Gasteiger partial charge in [-0.3, -0.25) is 4.79 Å². The van der Waals surface area contributed by atoms with E-state index >= 15 is 0 Å². The molecule has 23 heavy (non-hydrogen) atoms. The number of carbonyl (C=O) groups is 1. The molecule has 2 aromatic rings. The molecule has 1 N–H and O–H groups in total. The zero-order valence-electron chi connectivity index (χ0n) is 13.5. The lowest BCUT2D eigenvalue weighted by Gasteiger charge is -2.03. The fraction of sp³-hybridized carbons (Fsp3) is 0.222. The van der Waals surface area contributed by atoms with E-state index in [1.165, 1.54) is 13.0 Å². The first kappa shape index (κ1) is 18.9. The van der Waals surface area contributed by atoms with Crippen molar-refractivity contribution in [1.82, 2.24) is 0 Å². The molecule has 0 unspecified atom stereocenters. The second-order valence-electron chi connectivity index (χ2n) is 4.60. The molecule has 1 aromatic carbocycles. The van der Waals surface area contributed by atoms with Crippen molar-refractivity contribution in [2.24, 2.45) is 0 Å². The van der Waals surface area contributed by atoms with Gasteiger partial charge in [0.2, 0.25) is 0 Å². The Morgan fingerprint density at radius 2 is 1.91 bits per heavy atom. The summed E-state index contributed by atoms with van der Waals surface area (Å²) in [6.45, 7) is 7.46. The summed E-state index contributed by atoms with van der Waals surface area (Å²) in [5.41, 5.74) is 0.659. The molecule has 2 rings (SSSR count). The number of aromatic hydroxyl groups is 1. The first-order chi connectivity index (χ1) is 10.9. The third-order valence-corrected chi connectivity index (χ3v) is 3.85. The molecule has 5 heteroatoms. The minimum atomic E-state index is -0.855. The first-order valence-corrected chi connectivity index (χ1v) is 8.00. The van der Waals surface area contributed by atoms with Crippen LogP contribution < -0.4 is 5.63 Å². The zero-order valence-corrected chi connectivity index (χ0v) is 15.1. The molecule has 0 amide bonds. The standard InChI is InChI=1S/C16H13BrO4.C2H6/c1-9-4-3-5-11(8-9)6-7-12(18)13-15(19)14(17)10(2)21-16(13)20;1-2/h3-8,19H,1-2H3;1-2H3/b7-6+;. The van der Waals surface area contributed by atoms with Crippen molar-refractivity contribution in [3.63, 3.8) is 0 Å². The fourth-order valence-corrected chi connectivity index (χ4v) is 2.13. The van der Waals surface area contributed by atoms with E-state index < -0.39 is 17.2 Å². The molecule has 0 saturated carbocycles. The number of allylic oxidation sites excluding steroid dienone is 1. The van der Waals surface area contributed by atoms with Crippen LogP contribution in [-0.2, 0) is 0 Å². The van der Waals surface area contributed by atoms with Crippen molar-refractivity contribution in [3.8, 4) is 5.75 Å². The highest BCUT2D eigenvalue weighted by molar-refractivity contribution is 9.10. The average Bonchev–Trinajstić information content (AvgIpc) is 2.53. The Morgan fingerprint density at radius 3 is 2.52 bits per heavy atom. The van der Waals surface area contributed by atoms with Crippen LogP contribution in [-0.4, -0.2) is 10.9 Å². The lowest BCUT2D eigenvalue weighted by atomic mass is 10.1. The van der Waals surface area contributed by atoms with Gasteiger partial charge in [-0.25, -0.2) is 4.79 Å². The summed E-state index contributed by atoms with van der Waals surface area (Å²) in [4.78, 5) is 23.8. The molecule has 0 bridgehead atoms. The molecule has 0 radical (unpaired) electrons. The maximum Gasteiger partial charge on any atom is 0.351 e. The van der Waals surface area contributed by atoms with Gasteiger partial charge in [0.05, 0.1) is 4.47 Å². The van der Waals surface area contributed by atoms with Gasteiger partial charge in [-0.05, 0) is 41.4 Å². The number of hydrogen-bond acceptors (Lipinski definition) is 4. The minimum Gasteiger partial charge on any atom is -0.506 e. The predicted octanol–water partition coefficient (Wildman–Crippen LogP) is 4.65. The van der Waals surface area contributed by atoms with Crippen molar-refractivity contribution in [3.05, 3.63) is 67.7 Å². The summed E-state index contributed by atoms with van der Waals surface area (Å²) >= 11 is 3.08. The number of carbonyl (C=O) groups excluding carboxylic acids is 1. The molecular weight excluding hydrogens is 360 g/mol. The second kappa shape index (κ2) is 8.48. The smallest absolute Gasteiger partial charge is 0.351 e. The summed E-state index contributed by atoms with van der Waals surface area (Å²) in [5.74, 6) is -0.789. The van der Waals surface area contributed by atoms with E-state index in [2.05, 4.69) is 15.9 Å². The number of halogens is 1. The summed E-state index contributed by atoms with van der Waals surface area (Å²) in [6.07, 6.45) is 2.82. The third kappa shape index (κ3) is 4.66. The van der Waals surface area contributed by atoms with Gasteiger partial charge in [0.25, 0.3) is 0 Å². The Bertz CT molecular complexity index is 788. The van der Waals surface area contributed by atoms with E-state index in [9.17, 15) is 14.7 Å². The number of ketones is 1. The molecule has 4 nitrogen and oxygen atoms in total. The summed E-state index contributed by atoms with van der Waals surface area (Å²) in [7, 11) is 0. The lowest BCUT2D eigenvalue weighted by molar-refractivity contribution is 0.104.